The fraction of sp³-hybridized carbons (Fsp3) is 0.625. The number of rotatable bonds is 6. The Morgan fingerprint density at radius 3 is 2.33 bits per heavy atom. The molecule has 0 saturated carbocycles. The molecule has 102 valence electrons. The largest absolute Gasteiger partial charge is 0.395 e. The second-order valence-corrected chi connectivity index (χ2v) is 5.53. The van der Waals surface area contributed by atoms with Gasteiger partial charge >= 0.3 is 0 Å². The Bertz CT molecular complexity index is 385. The number of aliphatic hydroxyl groups excluding tert-OH is 1. The van der Waals surface area contributed by atoms with Gasteiger partial charge in [-0.05, 0) is 61.9 Å². The Kier molecular flexibility index (Phi) is 5.83. The van der Waals surface area contributed by atoms with E-state index in [2.05, 4.69) is 52.1 Å². The third-order valence-electron chi connectivity index (χ3n) is 3.97. The van der Waals surface area contributed by atoms with Crippen LogP contribution >= 0.6 is 0 Å². The molecule has 1 rings (SSSR count). The lowest BCUT2D eigenvalue weighted by Gasteiger charge is -2.20. The molecular formula is C16H27NO. The van der Waals surface area contributed by atoms with Gasteiger partial charge in [-0.15, -0.1) is 0 Å². The minimum absolute atomic E-state index is 0.205. The van der Waals surface area contributed by atoms with Gasteiger partial charge in [0.1, 0.15) is 0 Å². The van der Waals surface area contributed by atoms with Gasteiger partial charge in [-0.2, -0.15) is 0 Å². The third-order valence-corrected chi connectivity index (χ3v) is 3.97. The highest BCUT2D eigenvalue weighted by Gasteiger charge is 2.11. The number of hydrogen-bond acceptors (Lipinski definition) is 2. The summed E-state index contributed by atoms with van der Waals surface area (Å²) < 4.78 is 0. The molecule has 1 aromatic rings. The summed E-state index contributed by atoms with van der Waals surface area (Å²) >= 11 is 0. The Balaban J connectivity index is 2.57. The monoisotopic (exact) mass is 249 g/mol. The molecule has 0 bridgehead atoms. The van der Waals surface area contributed by atoms with Crippen LogP contribution in [0.3, 0.4) is 0 Å². The molecule has 0 saturated heterocycles. The summed E-state index contributed by atoms with van der Waals surface area (Å²) in [6.07, 6.45) is 1.02. The molecule has 2 N–H and O–H groups in total. The second-order valence-electron chi connectivity index (χ2n) is 5.53. The van der Waals surface area contributed by atoms with Crippen LogP contribution in [0.5, 0.6) is 0 Å². The van der Waals surface area contributed by atoms with Crippen molar-refractivity contribution in [2.45, 2.75) is 47.1 Å². The van der Waals surface area contributed by atoms with E-state index in [1.165, 1.54) is 22.3 Å². The maximum absolute atomic E-state index is 9.27. The lowest BCUT2D eigenvalue weighted by atomic mass is 9.97. The van der Waals surface area contributed by atoms with Gasteiger partial charge in [0.05, 0.1) is 6.61 Å². The lowest BCUT2D eigenvalue weighted by molar-refractivity contribution is 0.212. The first-order valence-corrected chi connectivity index (χ1v) is 6.87. The van der Waals surface area contributed by atoms with Crippen LogP contribution in [0.1, 0.15) is 36.1 Å². The molecule has 0 fully saturated rings. The number of benzene rings is 1. The summed E-state index contributed by atoms with van der Waals surface area (Å²) in [5, 5.41) is 12.7. The topological polar surface area (TPSA) is 32.3 Å². The number of hydrogen-bond donors (Lipinski definition) is 2. The van der Waals surface area contributed by atoms with Crippen LogP contribution in [0.25, 0.3) is 0 Å². The minimum Gasteiger partial charge on any atom is -0.395 e. The highest BCUT2D eigenvalue weighted by molar-refractivity contribution is 5.38. The molecule has 2 heteroatoms. The van der Waals surface area contributed by atoms with Crippen molar-refractivity contribution in [3.8, 4) is 0 Å². The van der Waals surface area contributed by atoms with E-state index in [-0.39, 0.29) is 12.6 Å². The molecule has 1 aromatic carbocycles. The van der Waals surface area contributed by atoms with Crippen LogP contribution in [-0.2, 0) is 6.42 Å². The van der Waals surface area contributed by atoms with E-state index in [1.807, 2.05) is 0 Å². The van der Waals surface area contributed by atoms with Crippen LogP contribution in [-0.4, -0.2) is 24.3 Å². The average Bonchev–Trinajstić information content (AvgIpc) is 2.33. The highest BCUT2D eigenvalue weighted by atomic mass is 16.3. The SMILES string of the molecule is Cc1ccc(CCNC(CO)C(C)C)c(C)c1C. The van der Waals surface area contributed by atoms with Crippen LogP contribution in [0.15, 0.2) is 12.1 Å². The molecule has 0 heterocycles. The molecule has 1 atom stereocenters. The summed E-state index contributed by atoms with van der Waals surface area (Å²) in [7, 11) is 0. The molecule has 0 aliphatic rings. The first-order valence-electron chi connectivity index (χ1n) is 6.87. The van der Waals surface area contributed by atoms with Gasteiger partial charge in [0.15, 0.2) is 0 Å². The normalized spacial score (nSPS) is 13.1. The van der Waals surface area contributed by atoms with Crippen molar-refractivity contribution in [2.24, 2.45) is 5.92 Å². The van der Waals surface area contributed by atoms with Gasteiger partial charge in [-0.25, -0.2) is 0 Å². The average molecular weight is 249 g/mol. The molecule has 2 nitrogen and oxygen atoms in total. The highest BCUT2D eigenvalue weighted by Crippen LogP contribution is 2.17. The van der Waals surface area contributed by atoms with E-state index in [0.717, 1.165) is 13.0 Å². The zero-order valence-corrected chi connectivity index (χ0v) is 12.4. The molecule has 0 aromatic heterocycles. The van der Waals surface area contributed by atoms with Crippen molar-refractivity contribution in [2.75, 3.05) is 13.2 Å². The smallest absolute Gasteiger partial charge is 0.0587 e. The fourth-order valence-corrected chi connectivity index (χ4v) is 2.19. The number of nitrogens with one attached hydrogen (secondary N) is 1. The zero-order chi connectivity index (χ0) is 13.7. The van der Waals surface area contributed by atoms with Crippen molar-refractivity contribution >= 4 is 0 Å². The second kappa shape index (κ2) is 6.91. The van der Waals surface area contributed by atoms with Crippen molar-refractivity contribution in [3.63, 3.8) is 0 Å². The van der Waals surface area contributed by atoms with Crippen molar-refractivity contribution in [1.82, 2.24) is 5.32 Å². The van der Waals surface area contributed by atoms with Gasteiger partial charge < -0.3 is 10.4 Å². The minimum atomic E-state index is 0.205. The first-order chi connectivity index (χ1) is 8.47. The fourth-order valence-electron chi connectivity index (χ4n) is 2.19. The number of aryl methyl sites for hydroxylation is 1. The predicted molar refractivity (Wildman–Crippen MR) is 78.1 cm³/mol. The van der Waals surface area contributed by atoms with E-state index >= 15 is 0 Å². The maximum atomic E-state index is 9.27. The Labute approximate surface area is 111 Å². The predicted octanol–water partition coefficient (Wildman–Crippen LogP) is 2.76. The van der Waals surface area contributed by atoms with Crippen molar-refractivity contribution in [1.29, 1.82) is 0 Å². The standard InChI is InChI=1S/C16H27NO/c1-11(2)16(10-18)17-9-8-15-7-6-12(3)13(4)14(15)5/h6-7,11,16-18H,8-10H2,1-5H3. The number of aliphatic hydroxyl groups is 1. The van der Waals surface area contributed by atoms with Gasteiger partial charge in [0, 0.05) is 6.04 Å². The summed E-state index contributed by atoms with van der Waals surface area (Å²) in [5.41, 5.74) is 5.57. The Morgan fingerprint density at radius 2 is 1.78 bits per heavy atom. The van der Waals surface area contributed by atoms with Crippen LogP contribution < -0.4 is 5.32 Å². The summed E-state index contributed by atoms with van der Waals surface area (Å²) in [5.74, 6) is 0.468. The lowest BCUT2D eigenvalue weighted by Crippen LogP contribution is -2.38. The zero-order valence-electron chi connectivity index (χ0n) is 12.4. The summed E-state index contributed by atoms with van der Waals surface area (Å²) in [4.78, 5) is 0. The van der Waals surface area contributed by atoms with Crippen LogP contribution in [0, 0.1) is 26.7 Å². The molecular weight excluding hydrogens is 222 g/mol. The molecule has 18 heavy (non-hydrogen) atoms. The van der Waals surface area contributed by atoms with Crippen LogP contribution in [0.4, 0.5) is 0 Å². The van der Waals surface area contributed by atoms with E-state index in [4.69, 9.17) is 0 Å². The molecule has 0 spiro atoms. The molecule has 0 aliphatic carbocycles. The molecule has 1 unspecified atom stereocenters. The summed E-state index contributed by atoms with van der Waals surface area (Å²) in [6.45, 7) is 11.9. The van der Waals surface area contributed by atoms with Crippen molar-refractivity contribution < 1.29 is 5.11 Å². The Morgan fingerprint density at radius 1 is 1.11 bits per heavy atom. The van der Waals surface area contributed by atoms with Gasteiger partial charge in [0.25, 0.3) is 0 Å². The maximum Gasteiger partial charge on any atom is 0.0587 e. The van der Waals surface area contributed by atoms with Gasteiger partial charge in [0.2, 0.25) is 0 Å². The molecule has 0 aliphatic heterocycles. The quantitative estimate of drug-likeness (QED) is 0.812. The summed E-state index contributed by atoms with van der Waals surface area (Å²) in [6, 6.07) is 4.63. The van der Waals surface area contributed by atoms with E-state index in [1.54, 1.807) is 0 Å². The van der Waals surface area contributed by atoms with Crippen molar-refractivity contribution in [3.05, 3.63) is 34.4 Å². The van der Waals surface area contributed by atoms with Gasteiger partial charge in [-0.1, -0.05) is 26.0 Å². The van der Waals surface area contributed by atoms with Crippen LogP contribution in [0.2, 0.25) is 0 Å². The third kappa shape index (κ3) is 3.82. The van der Waals surface area contributed by atoms with E-state index in [9.17, 15) is 5.11 Å². The van der Waals surface area contributed by atoms with Gasteiger partial charge in [-0.3, -0.25) is 0 Å². The Hall–Kier alpha value is -0.860. The first kappa shape index (κ1) is 15.2. The molecule has 0 amide bonds. The molecule has 0 radical (unpaired) electrons. The van der Waals surface area contributed by atoms with E-state index in [0.29, 0.717) is 5.92 Å². The van der Waals surface area contributed by atoms with E-state index < -0.39 is 0 Å².